The first-order valence-corrected chi connectivity index (χ1v) is 6.77. The van der Waals surface area contributed by atoms with Gasteiger partial charge in [-0.25, -0.2) is 8.78 Å². The third-order valence-electron chi connectivity index (χ3n) is 2.56. The Hall–Kier alpha value is -1.10. The Morgan fingerprint density at radius 2 is 1.84 bits per heavy atom. The minimum Gasteiger partial charge on any atom is -0.389 e. The number of aliphatic hydroxyl groups excluding tert-OH is 1. The Bertz CT molecular complexity index is 602. The molecule has 0 radical (unpaired) electrons. The molecule has 0 aliphatic carbocycles. The van der Waals surface area contributed by atoms with Gasteiger partial charge in [0.05, 0.1) is 11.1 Å². The van der Waals surface area contributed by atoms with E-state index in [0.717, 1.165) is 17.0 Å². The third-order valence-corrected chi connectivity index (χ3v) is 4.05. The van der Waals surface area contributed by atoms with Crippen LogP contribution in [0.25, 0.3) is 0 Å². The lowest BCUT2D eigenvalue weighted by molar-refractivity contribution is 0.199. The van der Waals surface area contributed by atoms with Crippen LogP contribution in [-0.4, -0.2) is 5.11 Å². The molecule has 0 spiro atoms. The molecule has 0 aliphatic rings. The number of hydrogen-bond donors (Lipinski definition) is 1. The van der Waals surface area contributed by atoms with Crippen molar-refractivity contribution in [3.63, 3.8) is 0 Å². The number of benzene rings is 2. The van der Waals surface area contributed by atoms with Gasteiger partial charge in [0.15, 0.2) is 11.6 Å². The summed E-state index contributed by atoms with van der Waals surface area (Å²) >= 11 is 7.33. The number of aliphatic hydroxyl groups is 1. The van der Waals surface area contributed by atoms with Crippen molar-refractivity contribution in [2.75, 3.05) is 0 Å². The number of rotatable bonds is 3. The van der Waals surface area contributed by atoms with Crippen LogP contribution in [0.3, 0.4) is 0 Å². The van der Waals surface area contributed by atoms with E-state index in [4.69, 9.17) is 11.6 Å². The second kappa shape index (κ2) is 5.90. The highest BCUT2D eigenvalue weighted by molar-refractivity contribution is 7.99. The fraction of sp³-hybridized carbons (Fsp3) is 0.143. The van der Waals surface area contributed by atoms with Crippen molar-refractivity contribution in [2.24, 2.45) is 0 Å². The molecule has 1 nitrogen and oxygen atoms in total. The van der Waals surface area contributed by atoms with Crippen LogP contribution in [0.15, 0.2) is 46.2 Å². The second-order valence-electron chi connectivity index (χ2n) is 4.04. The molecule has 0 heterocycles. The Morgan fingerprint density at radius 3 is 2.42 bits per heavy atom. The van der Waals surface area contributed by atoms with E-state index in [1.165, 1.54) is 17.8 Å². The summed E-state index contributed by atoms with van der Waals surface area (Å²) in [5, 5.41) is 9.90. The number of hydrogen-bond acceptors (Lipinski definition) is 2. The van der Waals surface area contributed by atoms with Gasteiger partial charge < -0.3 is 5.11 Å². The molecule has 5 heteroatoms. The van der Waals surface area contributed by atoms with Gasteiger partial charge in [-0.2, -0.15) is 0 Å². The van der Waals surface area contributed by atoms with Crippen LogP contribution in [0.1, 0.15) is 18.6 Å². The molecule has 0 saturated heterocycles. The van der Waals surface area contributed by atoms with Crippen molar-refractivity contribution in [3.05, 3.63) is 58.6 Å². The van der Waals surface area contributed by atoms with Gasteiger partial charge in [-0.1, -0.05) is 29.4 Å². The van der Waals surface area contributed by atoms with Crippen LogP contribution in [-0.2, 0) is 0 Å². The van der Waals surface area contributed by atoms with Crippen molar-refractivity contribution in [2.45, 2.75) is 22.8 Å². The predicted molar refractivity (Wildman–Crippen MR) is 72.6 cm³/mol. The molecule has 0 saturated carbocycles. The summed E-state index contributed by atoms with van der Waals surface area (Å²) in [6, 6.07) is 8.85. The van der Waals surface area contributed by atoms with Gasteiger partial charge in [-0.3, -0.25) is 0 Å². The van der Waals surface area contributed by atoms with Crippen LogP contribution in [0, 0.1) is 11.6 Å². The van der Waals surface area contributed by atoms with Crippen molar-refractivity contribution < 1.29 is 13.9 Å². The Labute approximate surface area is 119 Å². The Kier molecular flexibility index (Phi) is 4.45. The lowest BCUT2D eigenvalue weighted by atomic mass is 10.1. The van der Waals surface area contributed by atoms with Crippen molar-refractivity contribution >= 4 is 23.4 Å². The van der Waals surface area contributed by atoms with Crippen molar-refractivity contribution in [1.29, 1.82) is 0 Å². The van der Waals surface area contributed by atoms with Crippen LogP contribution in [0.5, 0.6) is 0 Å². The zero-order chi connectivity index (χ0) is 14.0. The first-order chi connectivity index (χ1) is 8.97. The van der Waals surface area contributed by atoms with E-state index in [9.17, 15) is 13.9 Å². The fourth-order valence-corrected chi connectivity index (χ4v) is 2.68. The minimum absolute atomic E-state index is 0.466. The zero-order valence-electron chi connectivity index (χ0n) is 10.0. The summed E-state index contributed by atoms with van der Waals surface area (Å²) in [7, 11) is 0. The molecule has 19 heavy (non-hydrogen) atoms. The van der Waals surface area contributed by atoms with Crippen LogP contribution >= 0.6 is 23.4 Å². The van der Waals surface area contributed by atoms with Gasteiger partial charge in [0.1, 0.15) is 0 Å². The minimum atomic E-state index is -0.887. The van der Waals surface area contributed by atoms with Gasteiger partial charge in [0.25, 0.3) is 0 Å². The van der Waals surface area contributed by atoms with Gasteiger partial charge in [0.2, 0.25) is 0 Å². The highest BCUT2D eigenvalue weighted by Crippen LogP contribution is 2.35. The van der Waals surface area contributed by atoms with E-state index in [1.54, 1.807) is 25.1 Å². The van der Waals surface area contributed by atoms with E-state index in [1.807, 2.05) is 0 Å². The maximum Gasteiger partial charge on any atom is 0.159 e. The monoisotopic (exact) mass is 300 g/mol. The highest BCUT2D eigenvalue weighted by atomic mass is 35.5. The lowest BCUT2D eigenvalue weighted by Crippen LogP contribution is -1.91. The average molecular weight is 301 g/mol. The summed E-state index contributed by atoms with van der Waals surface area (Å²) in [6.07, 6.45) is -0.597. The van der Waals surface area contributed by atoms with Gasteiger partial charge in [-0.05, 0) is 42.8 Å². The van der Waals surface area contributed by atoms with E-state index >= 15 is 0 Å². The molecular weight excluding hydrogens is 290 g/mol. The normalized spacial score (nSPS) is 12.5. The van der Waals surface area contributed by atoms with Crippen LogP contribution in [0.2, 0.25) is 5.02 Å². The summed E-state index contributed by atoms with van der Waals surface area (Å²) in [6.45, 7) is 1.65. The van der Waals surface area contributed by atoms with Gasteiger partial charge in [0, 0.05) is 9.79 Å². The maximum absolute atomic E-state index is 13.1. The molecule has 2 aromatic carbocycles. The molecule has 0 amide bonds. The summed E-state index contributed by atoms with van der Waals surface area (Å²) in [5.41, 5.74) is 0.708. The zero-order valence-corrected chi connectivity index (χ0v) is 11.6. The molecule has 0 aromatic heterocycles. The van der Waals surface area contributed by atoms with Crippen LogP contribution < -0.4 is 0 Å². The first-order valence-electron chi connectivity index (χ1n) is 5.58. The fourth-order valence-electron chi connectivity index (χ4n) is 1.53. The van der Waals surface area contributed by atoms with Crippen molar-refractivity contribution in [1.82, 2.24) is 0 Å². The maximum atomic E-state index is 13.1. The van der Waals surface area contributed by atoms with E-state index < -0.39 is 17.7 Å². The smallest absolute Gasteiger partial charge is 0.159 e. The van der Waals surface area contributed by atoms with Gasteiger partial charge >= 0.3 is 0 Å². The van der Waals surface area contributed by atoms with E-state index in [0.29, 0.717) is 15.5 Å². The topological polar surface area (TPSA) is 20.2 Å². The Balaban J connectivity index is 2.25. The van der Waals surface area contributed by atoms with E-state index in [-0.39, 0.29) is 0 Å². The predicted octanol–water partition coefficient (Wildman–Crippen LogP) is 4.82. The van der Waals surface area contributed by atoms with Gasteiger partial charge in [-0.15, -0.1) is 0 Å². The second-order valence-corrected chi connectivity index (χ2v) is 5.57. The van der Waals surface area contributed by atoms with Crippen molar-refractivity contribution in [3.8, 4) is 0 Å². The third kappa shape index (κ3) is 3.47. The SMILES string of the molecule is CC(O)c1ccc(Sc2ccc(F)c(F)c2)c(Cl)c1. The molecule has 0 bridgehead atoms. The average Bonchev–Trinajstić information content (AvgIpc) is 2.36. The molecule has 0 fully saturated rings. The molecule has 1 unspecified atom stereocenters. The summed E-state index contributed by atoms with van der Waals surface area (Å²) < 4.78 is 25.9. The Morgan fingerprint density at radius 1 is 1.11 bits per heavy atom. The molecule has 2 aromatic rings. The highest BCUT2D eigenvalue weighted by Gasteiger charge is 2.09. The standard InChI is InChI=1S/C14H11ClF2OS/c1-8(18)9-2-5-14(11(15)6-9)19-10-3-4-12(16)13(17)7-10/h2-8,18H,1H3. The summed E-state index contributed by atoms with van der Waals surface area (Å²) in [5.74, 6) is -1.76. The molecule has 100 valence electrons. The molecular formula is C14H11ClF2OS. The quantitative estimate of drug-likeness (QED) is 0.876. The number of halogens is 3. The van der Waals surface area contributed by atoms with Crippen LogP contribution in [0.4, 0.5) is 8.78 Å². The van der Waals surface area contributed by atoms with E-state index in [2.05, 4.69) is 0 Å². The molecule has 0 aliphatic heterocycles. The first kappa shape index (κ1) is 14.3. The molecule has 1 N–H and O–H groups in total. The molecule has 1 atom stereocenters. The summed E-state index contributed by atoms with van der Waals surface area (Å²) in [4.78, 5) is 1.28. The largest absolute Gasteiger partial charge is 0.389 e. The lowest BCUT2D eigenvalue weighted by Gasteiger charge is -2.09. The molecule has 2 rings (SSSR count).